The quantitative estimate of drug-likeness (QED) is 0.211. The second-order valence-corrected chi connectivity index (χ2v) is 12.2. The van der Waals surface area contributed by atoms with Gasteiger partial charge in [0.25, 0.3) is 0 Å². The summed E-state index contributed by atoms with van der Waals surface area (Å²) < 4.78 is 99.3. The molecule has 2 saturated carbocycles. The highest BCUT2D eigenvalue weighted by Crippen LogP contribution is 2.44. The maximum atomic E-state index is 15.0. The Morgan fingerprint density at radius 2 is 1.16 bits per heavy atom. The molecule has 2 nitrogen and oxygen atoms in total. The summed E-state index contributed by atoms with van der Waals surface area (Å²) in [6.07, 6.45) is 7.97. The zero-order valence-electron chi connectivity index (χ0n) is 25.3. The number of benzene rings is 3. The fourth-order valence-electron chi connectivity index (χ4n) is 7.13. The summed E-state index contributed by atoms with van der Waals surface area (Å²) in [5, 5.41) is 0. The van der Waals surface area contributed by atoms with Crippen molar-refractivity contribution in [2.24, 2.45) is 11.8 Å². The summed E-state index contributed by atoms with van der Waals surface area (Å²) in [7, 11) is 0. The molecule has 0 bridgehead atoms. The third-order valence-corrected chi connectivity index (χ3v) is 9.58. The van der Waals surface area contributed by atoms with Crippen molar-refractivity contribution in [3.8, 4) is 16.9 Å². The SMILES string of the molecule is CCCc1ccc(-c2ccc(COC3CCC(C4CCC(c5ccc(OCC)c(F)c5F)CC4)CC3)c(F)c2F)c(F)c1F. The molecular weight excluding hydrogens is 578 g/mol. The van der Waals surface area contributed by atoms with Crippen molar-refractivity contribution in [2.75, 3.05) is 6.61 Å². The summed E-state index contributed by atoms with van der Waals surface area (Å²) in [6.45, 7) is 3.74. The molecule has 0 N–H and O–H groups in total. The molecule has 0 atom stereocenters. The van der Waals surface area contributed by atoms with E-state index in [-0.39, 0.29) is 53.2 Å². The zero-order valence-corrected chi connectivity index (χ0v) is 25.3. The Hall–Kier alpha value is -3.00. The molecule has 0 aromatic heterocycles. The maximum Gasteiger partial charge on any atom is 0.200 e. The van der Waals surface area contributed by atoms with E-state index in [1.165, 1.54) is 30.3 Å². The Balaban J connectivity index is 1.12. The minimum Gasteiger partial charge on any atom is -0.491 e. The van der Waals surface area contributed by atoms with Crippen molar-refractivity contribution in [2.45, 2.75) is 96.7 Å². The zero-order chi connectivity index (χ0) is 31.4. The minimum atomic E-state index is -1.22. The number of hydrogen-bond donors (Lipinski definition) is 0. The molecule has 2 fully saturated rings. The van der Waals surface area contributed by atoms with Gasteiger partial charge in [-0.1, -0.05) is 43.7 Å². The van der Waals surface area contributed by atoms with E-state index in [9.17, 15) is 26.3 Å². The average Bonchev–Trinajstić information content (AvgIpc) is 3.04. The van der Waals surface area contributed by atoms with Gasteiger partial charge in [0.2, 0.25) is 5.82 Å². The largest absolute Gasteiger partial charge is 0.491 e. The third kappa shape index (κ3) is 6.80. The lowest BCUT2D eigenvalue weighted by atomic mass is 9.69. The Morgan fingerprint density at radius 1 is 0.591 bits per heavy atom. The van der Waals surface area contributed by atoms with Gasteiger partial charge in [0.15, 0.2) is 34.8 Å². The average molecular weight is 619 g/mol. The molecule has 8 heteroatoms. The molecule has 44 heavy (non-hydrogen) atoms. The standard InChI is InChI=1S/C36H40F6O2/c1-3-5-24-12-16-28(34(40)31(24)37)29-17-13-25(32(38)35(29)41)20-44-26-14-10-22(11-15-26)21-6-8-23(9-7-21)27-18-19-30(43-4-2)36(42)33(27)39/h12-13,16-19,21-23,26H,3-11,14-15,20H2,1-2H3. The van der Waals surface area contributed by atoms with E-state index in [2.05, 4.69) is 0 Å². The molecule has 0 heterocycles. The van der Waals surface area contributed by atoms with Crippen molar-refractivity contribution in [1.82, 2.24) is 0 Å². The van der Waals surface area contributed by atoms with Crippen LogP contribution in [0.25, 0.3) is 11.1 Å². The van der Waals surface area contributed by atoms with Crippen LogP contribution in [0.15, 0.2) is 36.4 Å². The molecule has 0 unspecified atom stereocenters. The summed E-state index contributed by atoms with van der Waals surface area (Å²) in [4.78, 5) is 0. The van der Waals surface area contributed by atoms with E-state index in [1.54, 1.807) is 13.0 Å². The van der Waals surface area contributed by atoms with Crippen LogP contribution < -0.4 is 4.74 Å². The predicted molar refractivity (Wildman–Crippen MR) is 158 cm³/mol. The van der Waals surface area contributed by atoms with E-state index >= 15 is 0 Å². The van der Waals surface area contributed by atoms with E-state index in [1.807, 2.05) is 6.92 Å². The molecule has 0 amide bonds. The first-order valence-electron chi connectivity index (χ1n) is 15.9. The van der Waals surface area contributed by atoms with Crippen LogP contribution in [0.2, 0.25) is 0 Å². The second kappa shape index (κ2) is 14.4. The van der Waals surface area contributed by atoms with Gasteiger partial charge in [-0.25, -0.2) is 22.0 Å². The minimum absolute atomic E-state index is 0.00582. The molecule has 0 radical (unpaired) electrons. The van der Waals surface area contributed by atoms with Crippen LogP contribution >= 0.6 is 0 Å². The predicted octanol–water partition coefficient (Wildman–Crippen LogP) is 10.6. The first-order valence-corrected chi connectivity index (χ1v) is 15.9. The van der Waals surface area contributed by atoms with Crippen LogP contribution in [0.5, 0.6) is 5.75 Å². The summed E-state index contributed by atoms with van der Waals surface area (Å²) in [5.41, 5.74) is 0.0401. The number of aryl methyl sites for hydroxylation is 1. The van der Waals surface area contributed by atoms with Crippen molar-refractivity contribution < 1.29 is 35.8 Å². The maximum absolute atomic E-state index is 15.0. The fourth-order valence-corrected chi connectivity index (χ4v) is 7.13. The first-order chi connectivity index (χ1) is 21.2. The van der Waals surface area contributed by atoms with Gasteiger partial charge in [0, 0.05) is 16.7 Å². The van der Waals surface area contributed by atoms with Gasteiger partial charge in [0.1, 0.15) is 0 Å². The highest BCUT2D eigenvalue weighted by Gasteiger charge is 2.33. The van der Waals surface area contributed by atoms with E-state index in [0.29, 0.717) is 30.2 Å². The van der Waals surface area contributed by atoms with Crippen molar-refractivity contribution in [3.63, 3.8) is 0 Å². The van der Waals surface area contributed by atoms with Crippen LogP contribution in [0.4, 0.5) is 26.3 Å². The molecule has 2 aliphatic carbocycles. The lowest BCUT2D eigenvalue weighted by Crippen LogP contribution is -2.28. The summed E-state index contributed by atoms with van der Waals surface area (Å²) >= 11 is 0. The van der Waals surface area contributed by atoms with Gasteiger partial charge in [-0.3, -0.25) is 0 Å². The number of halogens is 6. The Labute approximate surface area is 255 Å². The van der Waals surface area contributed by atoms with Gasteiger partial charge >= 0.3 is 0 Å². The lowest BCUT2D eigenvalue weighted by molar-refractivity contribution is -0.00322. The van der Waals surface area contributed by atoms with Gasteiger partial charge in [-0.2, -0.15) is 4.39 Å². The molecule has 0 aliphatic heterocycles. The van der Waals surface area contributed by atoms with E-state index < -0.39 is 34.9 Å². The molecule has 0 spiro atoms. The molecule has 2 aliphatic rings. The van der Waals surface area contributed by atoms with Crippen LogP contribution in [0.3, 0.4) is 0 Å². The number of rotatable bonds is 10. The first kappa shape index (κ1) is 32.4. The monoisotopic (exact) mass is 618 g/mol. The topological polar surface area (TPSA) is 18.5 Å². The van der Waals surface area contributed by atoms with Gasteiger partial charge in [0.05, 0.1) is 19.3 Å². The van der Waals surface area contributed by atoms with Crippen molar-refractivity contribution in [1.29, 1.82) is 0 Å². The van der Waals surface area contributed by atoms with Crippen LogP contribution in [0, 0.1) is 46.7 Å². The number of hydrogen-bond acceptors (Lipinski definition) is 2. The Kier molecular flexibility index (Phi) is 10.6. The van der Waals surface area contributed by atoms with E-state index in [4.69, 9.17) is 9.47 Å². The van der Waals surface area contributed by atoms with E-state index in [0.717, 1.165) is 51.4 Å². The molecule has 3 aromatic rings. The van der Waals surface area contributed by atoms with Gasteiger partial charge < -0.3 is 9.47 Å². The third-order valence-electron chi connectivity index (χ3n) is 9.58. The Bertz CT molecular complexity index is 1440. The summed E-state index contributed by atoms with van der Waals surface area (Å²) in [6, 6.07) is 8.52. The molecule has 0 saturated heterocycles. The van der Waals surface area contributed by atoms with Crippen LogP contribution in [0.1, 0.15) is 94.2 Å². The van der Waals surface area contributed by atoms with Crippen LogP contribution in [-0.2, 0) is 17.8 Å². The molecular formula is C36H40F6O2. The van der Waals surface area contributed by atoms with Crippen molar-refractivity contribution >= 4 is 0 Å². The van der Waals surface area contributed by atoms with Gasteiger partial charge in [-0.15, -0.1) is 0 Å². The Morgan fingerprint density at radius 3 is 1.75 bits per heavy atom. The molecule has 238 valence electrons. The highest BCUT2D eigenvalue weighted by molar-refractivity contribution is 5.66. The number of ether oxygens (including phenoxy) is 2. The normalized spacial score (nSPS) is 22.3. The molecule has 5 rings (SSSR count). The van der Waals surface area contributed by atoms with Gasteiger partial charge in [-0.05, 0) is 99.7 Å². The fraction of sp³-hybridized carbons (Fsp3) is 0.500. The second-order valence-electron chi connectivity index (χ2n) is 12.2. The summed E-state index contributed by atoms with van der Waals surface area (Å²) in [5.74, 6) is -5.28. The smallest absolute Gasteiger partial charge is 0.200 e. The lowest BCUT2D eigenvalue weighted by Gasteiger charge is -2.38. The van der Waals surface area contributed by atoms with Crippen LogP contribution in [-0.4, -0.2) is 12.7 Å². The van der Waals surface area contributed by atoms with Crippen molar-refractivity contribution in [3.05, 3.63) is 88.0 Å². The molecule has 3 aromatic carbocycles. The highest BCUT2D eigenvalue weighted by atomic mass is 19.2.